The fourth-order valence-corrected chi connectivity index (χ4v) is 5.06. The predicted octanol–water partition coefficient (Wildman–Crippen LogP) is 2.64. The summed E-state index contributed by atoms with van der Waals surface area (Å²) in [6, 6.07) is 4.94. The molecule has 4 amide bonds. The molecule has 2 aliphatic rings. The number of nitrogens with zero attached hydrogens (tertiary/aromatic N) is 2. The van der Waals surface area contributed by atoms with E-state index >= 15 is 0 Å². The van der Waals surface area contributed by atoms with Crippen LogP contribution >= 0.6 is 0 Å². The molecule has 1 spiro atoms. The van der Waals surface area contributed by atoms with Crippen molar-refractivity contribution in [3.8, 4) is 0 Å². The number of amides is 4. The number of carbonyl (C=O) groups is 3. The third-order valence-electron chi connectivity index (χ3n) is 5.68. The molecule has 0 radical (unpaired) electrons. The summed E-state index contributed by atoms with van der Waals surface area (Å²) >= 11 is 0. The zero-order chi connectivity index (χ0) is 20.1. The normalized spacial score (nSPS) is 26.7. The van der Waals surface area contributed by atoms with Crippen molar-refractivity contribution >= 4 is 34.4 Å². The van der Waals surface area contributed by atoms with Crippen LogP contribution in [0.25, 0.3) is 10.9 Å². The lowest BCUT2D eigenvalue weighted by Crippen LogP contribution is -2.54. The second-order valence-electron chi connectivity index (χ2n) is 8.95. The van der Waals surface area contributed by atoms with E-state index in [1.54, 1.807) is 12.3 Å². The standard InChI is InChI=1S/C20H25N5O3/c1-12-7-19(2,3)11-20(8-12)17(27)25(18(28)23-20)10-15(26)22-14-6-4-5-13-9-21-24-16(13)14/h4-6,9,12H,7-8,10-11H2,1-3H3,(H,21,24)(H,22,26)(H,23,28). The Morgan fingerprint density at radius 1 is 1.32 bits per heavy atom. The molecule has 3 N–H and O–H groups in total. The van der Waals surface area contributed by atoms with E-state index in [0.717, 1.165) is 16.7 Å². The molecule has 1 saturated heterocycles. The van der Waals surface area contributed by atoms with Gasteiger partial charge in [-0.3, -0.25) is 19.6 Å². The fourth-order valence-electron chi connectivity index (χ4n) is 5.06. The number of carbonyl (C=O) groups excluding carboxylic acids is 3. The lowest BCUT2D eigenvalue weighted by atomic mass is 9.64. The molecule has 8 nitrogen and oxygen atoms in total. The van der Waals surface area contributed by atoms with Crippen LogP contribution in [0.3, 0.4) is 0 Å². The molecule has 2 atom stereocenters. The highest BCUT2D eigenvalue weighted by atomic mass is 16.2. The van der Waals surface area contributed by atoms with Crippen LogP contribution in [-0.2, 0) is 9.59 Å². The quantitative estimate of drug-likeness (QED) is 0.708. The molecule has 2 aromatic rings. The number of aromatic amines is 1. The van der Waals surface area contributed by atoms with Crippen molar-refractivity contribution in [3.63, 3.8) is 0 Å². The number of anilines is 1. The number of benzene rings is 1. The van der Waals surface area contributed by atoms with E-state index in [1.807, 2.05) is 12.1 Å². The molecule has 1 aliphatic carbocycles. The highest BCUT2D eigenvalue weighted by Crippen LogP contribution is 2.46. The van der Waals surface area contributed by atoms with Crippen LogP contribution in [0.15, 0.2) is 24.4 Å². The molecule has 2 fully saturated rings. The van der Waals surface area contributed by atoms with Crippen molar-refractivity contribution < 1.29 is 14.4 Å². The smallest absolute Gasteiger partial charge is 0.323 e. The van der Waals surface area contributed by atoms with Crippen LogP contribution in [0.1, 0.15) is 40.0 Å². The Morgan fingerprint density at radius 2 is 2.11 bits per heavy atom. The Hall–Kier alpha value is -2.90. The van der Waals surface area contributed by atoms with Gasteiger partial charge in [0.25, 0.3) is 5.91 Å². The Bertz CT molecular complexity index is 966. The second-order valence-corrected chi connectivity index (χ2v) is 8.95. The van der Waals surface area contributed by atoms with Crippen LogP contribution in [-0.4, -0.2) is 45.0 Å². The maximum Gasteiger partial charge on any atom is 0.325 e. The van der Waals surface area contributed by atoms with Crippen LogP contribution in [0.2, 0.25) is 0 Å². The second kappa shape index (κ2) is 6.32. The Labute approximate surface area is 163 Å². The summed E-state index contributed by atoms with van der Waals surface area (Å²) in [6.45, 7) is 6.02. The summed E-state index contributed by atoms with van der Waals surface area (Å²) < 4.78 is 0. The number of nitrogens with one attached hydrogen (secondary N) is 3. The van der Waals surface area contributed by atoms with Gasteiger partial charge in [0, 0.05) is 5.39 Å². The average Bonchev–Trinajstić information content (AvgIpc) is 3.13. The van der Waals surface area contributed by atoms with Crippen molar-refractivity contribution in [2.75, 3.05) is 11.9 Å². The first-order chi connectivity index (χ1) is 13.2. The van der Waals surface area contributed by atoms with Gasteiger partial charge in [0.15, 0.2) is 0 Å². The number of hydrogen-bond acceptors (Lipinski definition) is 4. The molecule has 2 heterocycles. The number of fused-ring (bicyclic) bond motifs is 1. The van der Waals surface area contributed by atoms with E-state index in [0.29, 0.717) is 30.0 Å². The van der Waals surface area contributed by atoms with E-state index in [4.69, 9.17) is 0 Å². The molecule has 2 unspecified atom stereocenters. The molecule has 8 heteroatoms. The lowest BCUT2D eigenvalue weighted by molar-refractivity contribution is -0.136. The van der Waals surface area contributed by atoms with E-state index in [2.05, 4.69) is 41.6 Å². The van der Waals surface area contributed by atoms with E-state index in [-0.39, 0.29) is 17.9 Å². The summed E-state index contributed by atoms with van der Waals surface area (Å²) in [6.07, 6.45) is 3.86. The van der Waals surface area contributed by atoms with Gasteiger partial charge < -0.3 is 10.6 Å². The van der Waals surface area contributed by atoms with E-state index < -0.39 is 17.5 Å². The fraction of sp³-hybridized carbons (Fsp3) is 0.500. The molecule has 28 heavy (non-hydrogen) atoms. The Balaban J connectivity index is 1.50. The Morgan fingerprint density at radius 3 is 2.86 bits per heavy atom. The lowest BCUT2D eigenvalue weighted by Gasteiger charge is -2.43. The summed E-state index contributed by atoms with van der Waals surface area (Å²) in [7, 11) is 0. The number of H-pyrrole nitrogens is 1. The predicted molar refractivity (Wildman–Crippen MR) is 104 cm³/mol. The Kier molecular flexibility index (Phi) is 4.17. The molecule has 4 rings (SSSR count). The summed E-state index contributed by atoms with van der Waals surface area (Å²) in [5.41, 5.74) is 0.318. The maximum absolute atomic E-state index is 13.1. The van der Waals surface area contributed by atoms with Gasteiger partial charge in [-0.2, -0.15) is 5.10 Å². The molecule has 1 saturated carbocycles. The SMILES string of the molecule is CC1CC(C)(C)CC2(C1)NC(=O)N(CC(=O)Nc1cccc3cn[nH]c13)C2=O. The minimum absolute atomic E-state index is 0.0465. The largest absolute Gasteiger partial charge is 0.325 e. The summed E-state index contributed by atoms with van der Waals surface area (Å²) in [5, 5.41) is 13.3. The van der Waals surface area contributed by atoms with Crippen molar-refractivity contribution in [2.45, 2.75) is 45.6 Å². The first-order valence-electron chi connectivity index (χ1n) is 9.55. The zero-order valence-corrected chi connectivity index (χ0v) is 16.3. The van der Waals surface area contributed by atoms with Crippen LogP contribution in [0.4, 0.5) is 10.5 Å². The summed E-state index contributed by atoms with van der Waals surface area (Å²) in [5.74, 6) is -0.405. The number of imide groups is 1. The molecular weight excluding hydrogens is 358 g/mol. The molecule has 1 aliphatic heterocycles. The minimum Gasteiger partial charge on any atom is -0.323 e. The van der Waals surface area contributed by atoms with Gasteiger partial charge in [-0.15, -0.1) is 0 Å². The first-order valence-corrected chi connectivity index (χ1v) is 9.55. The number of para-hydroxylation sites is 1. The van der Waals surface area contributed by atoms with Gasteiger partial charge in [0.2, 0.25) is 5.91 Å². The number of urea groups is 1. The number of hydrogen-bond donors (Lipinski definition) is 3. The van der Waals surface area contributed by atoms with Crippen molar-refractivity contribution in [3.05, 3.63) is 24.4 Å². The van der Waals surface area contributed by atoms with Gasteiger partial charge in [-0.1, -0.05) is 32.9 Å². The first kappa shape index (κ1) is 18.5. The van der Waals surface area contributed by atoms with Gasteiger partial charge in [0.1, 0.15) is 12.1 Å². The van der Waals surface area contributed by atoms with Crippen molar-refractivity contribution in [2.24, 2.45) is 11.3 Å². The molecule has 148 valence electrons. The van der Waals surface area contributed by atoms with Crippen LogP contribution in [0, 0.1) is 11.3 Å². The topological polar surface area (TPSA) is 107 Å². The van der Waals surface area contributed by atoms with E-state index in [1.165, 1.54) is 0 Å². The highest BCUT2D eigenvalue weighted by molar-refractivity contribution is 6.11. The molecular formula is C20H25N5O3. The van der Waals surface area contributed by atoms with Gasteiger partial charge in [-0.25, -0.2) is 4.79 Å². The number of rotatable bonds is 3. The minimum atomic E-state index is -0.901. The summed E-state index contributed by atoms with van der Waals surface area (Å²) in [4.78, 5) is 39.3. The molecule has 1 aromatic carbocycles. The van der Waals surface area contributed by atoms with Gasteiger partial charge in [0.05, 0.1) is 17.4 Å². The highest BCUT2D eigenvalue weighted by Gasteiger charge is 2.56. The van der Waals surface area contributed by atoms with Crippen molar-refractivity contribution in [1.82, 2.24) is 20.4 Å². The third kappa shape index (κ3) is 3.12. The van der Waals surface area contributed by atoms with E-state index in [9.17, 15) is 14.4 Å². The van der Waals surface area contributed by atoms with Crippen molar-refractivity contribution in [1.29, 1.82) is 0 Å². The van der Waals surface area contributed by atoms with Crippen LogP contribution in [0.5, 0.6) is 0 Å². The van der Waals surface area contributed by atoms with Gasteiger partial charge >= 0.3 is 6.03 Å². The average molecular weight is 383 g/mol. The monoisotopic (exact) mass is 383 g/mol. The third-order valence-corrected chi connectivity index (χ3v) is 5.68. The zero-order valence-electron chi connectivity index (χ0n) is 16.3. The maximum atomic E-state index is 13.1. The molecule has 0 bridgehead atoms. The van der Waals surface area contributed by atoms with Crippen LogP contribution < -0.4 is 10.6 Å². The van der Waals surface area contributed by atoms with Gasteiger partial charge in [-0.05, 0) is 36.7 Å². The molecule has 1 aromatic heterocycles. The number of aromatic nitrogens is 2.